The molecule has 0 aliphatic carbocycles. The van der Waals surface area contributed by atoms with Crippen molar-refractivity contribution < 1.29 is 4.79 Å². The summed E-state index contributed by atoms with van der Waals surface area (Å²) >= 11 is 1.62. The Bertz CT molecular complexity index is 694. The highest BCUT2D eigenvalue weighted by molar-refractivity contribution is 7.12. The fourth-order valence-electron chi connectivity index (χ4n) is 2.82. The van der Waals surface area contributed by atoms with Crippen LogP contribution in [-0.4, -0.2) is 24.7 Å². The normalized spacial score (nSPS) is 14.5. The van der Waals surface area contributed by atoms with Crippen molar-refractivity contribution in [1.29, 1.82) is 0 Å². The van der Waals surface area contributed by atoms with Gasteiger partial charge in [0.15, 0.2) is 0 Å². The minimum Gasteiger partial charge on any atom is -0.371 e. The van der Waals surface area contributed by atoms with Gasteiger partial charge >= 0.3 is 0 Å². The second-order valence-electron chi connectivity index (χ2n) is 5.68. The van der Waals surface area contributed by atoms with Crippen molar-refractivity contribution >= 4 is 28.6 Å². The maximum absolute atomic E-state index is 12.0. The van der Waals surface area contributed by atoms with E-state index in [-0.39, 0.29) is 5.91 Å². The quantitative estimate of drug-likeness (QED) is 0.675. The maximum Gasteiger partial charge on any atom is 0.241 e. The molecule has 1 aliphatic heterocycles. The number of aryl methyl sites for hydroxylation is 1. The van der Waals surface area contributed by atoms with Crippen LogP contribution in [0.25, 0.3) is 0 Å². The Labute approximate surface area is 140 Å². The summed E-state index contributed by atoms with van der Waals surface area (Å²) in [6, 6.07) is 12.4. The maximum atomic E-state index is 12.0. The van der Waals surface area contributed by atoms with E-state index in [1.165, 1.54) is 11.3 Å². The molecule has 0 atom stereocenters. The molecule has 5 heteroatoms. The summed E-state index contributed by atoms with van der Waals surface area (Å²) in [7, 11) is 0. The molecule has 2 aromatic rings. The molecule has 2 heterocycles. The molecule has 0 spiro atoms. The van der Waals surface area contributed by atoms with Gasteiger partial charge in [-0.3, -0.25) is 4.79 Å². The van der Waals surface area contributed by atoms with E-state index in [9.17, 15) is 4.79 Å². The van der Waals surface area contributed by atoms with E-state index in [0.717, 1.165) is 36.5 Å². The van der Waals surface area contributed by atoms with Gasteiger partial charge in [0.1, 0.15) is 0 Å². The van der Waals surface area contributed by atoms with E-state index in [1.54, 1.807) is 11.3 Å². The Kier molecular flexibility index (Phi) is 5.08. The van der Waals surface area contributed by atoms with E-state index in [0.29, 0.717) is 6.42 Å². The number of hydrogen-bond donors (Lipinski definition) is 1. The fourth-order valence-corrected chi connectivity index (χ4v) is 3.50. The Hall–Kier alpha value is -2.14. The van der Waals surface area contributed by atoms with Gasteiger partial charge in [-0.2, -0.15) is 5.10 Å². The summed E-state index contributed by atoms with van der Waals surface area (Å²) in [5, 5.41) is 6.19. The molecule has 4 nitrogen and oxygen atoms in total. The number of carbonyl (C=O) groups excluding carboxylic acids is 1. The molecule has 1 N–H and O–H groups in total. The standard InChI is InChI=1S/C18H21N3OS/c1-14(17-9-5-13-23-17)19-20-18(22)10-12-21-11-4-7-15-6-2-3-8-16(15)21/h2-3,5-6,8-9,13H,4,7,10-12H2,1H3,(H,20,22). The lowest BCUT2D eigenvalue weighted by atomic mass is 10.0. The van der Waals surface area contributed by atoms with Crippen LogP contribution in [0, 0.1) is 0 Å². The zero-order valence-electron chi connectivity index (χ0n) is 13.3. The SMILES string of the molecule is CC(=NNC(=O)CCN1CCCc2ccccc21)c1cccs1. The van der Waals surface area contributed by atoms with E-state index in [2.05, 4.69) is 39.7 Å². The zero-order chi connectivity index (χ0) is 16.1. The summed E-state index contributed by atoms with van der Waals surface area (Å²) in [5.74, 6) is -0.0380. The molecule has 3 rings (SSSR count). The van der Waals surface area contributed by atoms with Crippen molar-refractivity contribution in [2.45, 2.75) is 26.2 Å². The number of nitrogens with zero attached hydrogens (tertiary/aromatic N) is 2. The Balaban J connectivity index is 1.53. The Morgan fingerprint density at radius 2 is 2.17 bits per heavy atom. The van der Waals surface area contributed by atoms with Crippen molar-refractivity contribution in [1.82, 2.24) is 5.43 Å². The van der Waals surface area contributed by atoms with E-state index < -0.39 is 0 Å². The Morgan fingerprint density at radius 1 is 1.30 bits per heavy atom. The second kappa shape index (κ2) is 7.42. The van der Waals surface area contributed by atoms with E-state index in [1.807, 2.05) is 24.4 Å². The number of thiophene rings is 1. The number of fused-ring (bicyclic) bond motifs is 1. The third-order valence-electron chi connectivity index (χ3n) is 4.04. The van der Waals surface area contributed by atoms with Crippen LogP contribution in [0.15, 0.2) is 46.9 Å². The molecule has 0 saturated carbocycles. The molecule has 0 bridgehead atoms. The van der Waals surface area contributed by atoms with E-state index in [4.69, 9.17) is 0 Å². The van der Waals surface area contributed by atoms with Crippen LogP contribution in [0.5, 0.6) is 0 Å². The highest BCUT2D eigenvalue weighted by Crippen LogP contribution is 2.26. The molecule has 1 amide bonds. The number of benzene rings is 1. The summed E-state index contributed by atoms with van der Waals surface area (Å²) in [5.41, 5.74) is 6.16. The third-order valence-corrected chi connectivity index (χ3v) is 5.02. The predicted molar refractivity (Wildman–Crippen MR) is 96.3 cm³/mol. The molecule has 1 aromatic heterocycles. The molecule has 1 aliphatic rings. The largest absolute Gasteiger partial charge is 0.371 e. The number of rotatable bonds is 5. The smallest absolute Gasteiger partial charge is 0.241 e. The summed E-state index contributed by atoms with van der Waals surface area (Å²) < 4.78 is 0. The number of nitrogens with one attached hydrogen (secondary N) is 1. The van der Waals surface area contributed by atoms with Crippen LogP contribution in [0.2, 0.25) is 0 Å². The first-order valence-electron chi connectivity index (χ1n) is 7.94. The average molecular weight is 327 g/mol. The van der Waals surface area contributed by atoms with Crippen LogP contribution >= 0.6 is 11.3 Å². The van der Waals surface area contributed by atoms with Gasteiger partial charge in [-0.25, -0.2) is 5.43 Å². The molecule has 0 fully saturated rings. The van der Waals surface area contributed by atoms with Gasteiger partial charge < -0.3 is 4.90 Å². The first kappa shape index (κ1) is 15.7. The lowest BCUT2D eigenvalue weighted by Crippen LogP contribution is -2.33. The Morgan fingerprint density at radius 3 is 3.00 bits per heavy atom. The second-order valence-corrected chi connectivity index (χ2v) is 6.63. The van der Waals surface area contributed by atoms with Crippen molar-refractivity contribution in [3.8, 4) is 0 Å². The summed E-state index contributed by atoms with van der Waals surface area (Å²) in [6.45, 7) is 3.66. The molecule has 23 heavy (non-hydrogen) atoms. The van der Waals surface area contributed by atoms with Gasteiger partial charge in [0.05, 0.1) is 5.71 Å². The topological polar surface area (TPSA) is 44.7 Å². The minimum atomic E-state index is -0.0380. The molecule has 0 radical (unpaired) electrons. The summed E-state index contributed by atoms with van der Waals surface area (Å²) in [4.78, 5) is 15.4. The fraction of sp³-hybridized carbons (Fsp3) is 0.333. The molecule has 120 valence electrons. The number of amides is 1. The summed E-state index contributed by atoms with van der Waals surface area (Å²) in [6.07, 6.45) is 2.73. The van der Waals surface area contributed by atoms with Gasteiger partial charge in [-0.1, -0.05) is 24.3 Å². The first-order valence-corrected chi connectivity index (χ1v) is 8.82. The highest BCUT2D eigenvalue weighted by atomic mass is 32.1. The first-order chi connectivity index (χ1) is 11.2. The van der Waals surface area contributed by atoms with Gasteiger partial charge in [-0.05, 0) is 42.8 Å². The average Bonchev–Trinajstić information content (AvgIpc) is 3.12. The number of carbonyl (C=O) groups is 1. The number of hydrogen-bond acceptors (Lipinski definition) is 4. The third kappa shape index (κ3) is 3.99. The zero-order valence-corrected chi connectivity index (χ0v) is 14.1. The lowest BCUT2D eigenvalue weighted by molar-refractivity contribution is -0.120. The van der Waals surface area contributed by atoms with Crippen molar-refractivity contribution in [2.24, 2.45) is 5.10 Å². The predicted octanol–water partition coefficient (Wildman–Crippen LogP) is 3.43. The van der Waals surface area contributed by atoms with Gasteiger partial charge in [0.25, 0.3) is 0 Å². The van der Waals surface area contributed by atoms with Crippen LogP contribution < -0.4 is 10.3 Å². The minimum absolute atomic E-state index is 0.0380. The molecule has 0 unspecified atom stereocenters. The van der Waals surface area contributed by atoms with Crippen LogP contribution in [0.3, 0.4) is 0 Å². The van der Waals surface area contributed by atoms with Gasteiger partial charge in [0.2, 0.25) is 5.91 Å². The molecular weight excluding hydrogens is 306 g/mol. The lowest BCUT2D eigenvalue weighted by Gasteiger charge is -2.31. The number of anilines is 1. The monoisotopic (exact) mass is 327 g/mol. The van der Waals surface area contributed by atoms with Crippen molar-refractivity contribution in [3.05, 3.63) is 52.2 Å². The number of hydrazone groups is 1. The van der Waals surface area contributed by atoms with E-state index >= 15 is 0 Å². The van der Waals surface area contributed by atoms with Gasteiger partial charge in [0, 0.05) is 30.1 Å². The molecule has 0 saturated heterocycles. The van der Waals surface area contributed by atoms with Crippen molar-refractivity contribution in [2.75, 3.05) is 18.0 Å². The molecular formula is C18H21N3OS. The number of para-hydroxylation sites is 1. The van der Waals surface area contributed by atoms with Crippen molar-refractivity contribution in [3.63, 3.8) is 0 Å². The molecule has 1 aromatic carbocycles. The van der Waals surface area contributed by atoms with Crippen LogP contribution in [0.4, 0.5) is 5.69 Å². The highest BCUT2D eigenvalue weighted by Gasteiger charge is 2.16. The van der Waals surface area contributed by atoms with Gasteiger partial charge in [-0.15, -0.1) is 11.3 Å². The van der Waals surface area contributed by atoms with Crippen LogP contribution in [-0.2, 0) is 11.2 Å². The van der Waals surface area contributed by atoms with Crippen LogP contribution in [0.1, 0.15) is 30.2 Å².